The third kappa shape index (κ3) is 10.4. The van der Waals surface area contributed by atoms with Crippen LogP contribution in [0.2, 0.25) is 0 Å². The fourth-order valence-electron chi connectivity index (χ4n) is 9.76. The lowest BCUT2D eigenvalue weighted by Crippen LogP contribution is -2.60. The van der Waals surface area contributed by atoms with E-state index in [9.17, 15) is 24.3 Å². The minimum atomic E-state index is -1.41. The van der Waals surface area contributed by atoms with Crippen LogP contribution in [0.25, 0.3) is 11.3 Å². The van der Waals surface area contributed by atoms with E-state index in [2.05, 4.69) is 15.9 Å². The van der Waals surface area contributed by atoms with Crippen LogP contribution in [-0.2, 0) is 44.6 Å². The molecule has 0 spiro atoms. The molecule has 0 unspecified atom stereocenters. The molecule has 0 aliphatic carbocycles. The minimum Gasteiger partial charge on any atom is -0.458 e. The zero-order valence-electron chi connectivity index (χ0n) is 37.6. The predicted octanol–water partition coefficient (Wildman–Crippen LogP) is 5.32. The van der Waals surface area contributed by atoms with Crippen molar-refractivity contribution in [2.45, 2.75) is 154 Å². The van der Waals surface area contributed by atoms with Gasteiger partial charge in [-0.15, -0.1) is 12.3 Å². The fraction of sp³-hybridized carbons (Fsp3) is 0.696. The lowest BCUT2D eigenvalue weighted by atomic mass is 9.73. The molecule has 5 rings (SSSR count). The molecule has 2 aromatic rings. The first-order valence-electron chi connectivity index (χ1n) is 21.8. The van der Waals surface area contributed by atoms with Crippen molar-refractivity contribution in [3.63, 3.8) is 0 Å². The summed E-state index contributed by atoms with van der Waals surface area (Å²) >= 11 is 0. The summed E-state index contributed by atoms with van der Waals surface area (Å²) in [7, 11) is 3.37. The number of carbonyl (C=O) groups is 4. The van der Waals surface area contributed by atoms with Gasteiger partial charge >= 0.3 is 12.1 Å². The summed E-state index contributed by atoms with van der Waals surface area (Å²) in [4.78, 5) is 69.4. The number of hydrogen-bond donors (Lipinski definition) is 1. The van der Waals surface area contributed by atoms with Crippen molar-refractivity contribution in [2.75, 3.05) is 27.2 Å². The van der Waals surface area contributed by atoms with Gasteiger partial charge in [-0.1, -0.05) is 27.7 Å². The van der Waals surface area contributed by atoms with E-state index in [1.807, 2.05) is 48.7 Å². The van der Waals surface area contributed by atoms with E-state index in [0.29, 0.717) is 45.3 Å². The number of carbonyl (C=O) groups excluding carboxylic acids is 4. The third-order valence-corrected chi connectivity index (χ3v) is 13.3. The van der Waals surface area contributed by atoms with Crippen molar-refractivity contribution in [2.24, 2.45) is 23.7 Å². The first kappa shape index (κ1) is 47.8. The number of terminal acetylenes is 1. The molecule has 0 radical (unpaired) electrons. The van der Waals surface area contributed by atoms with Gasteiger partial charge in [-0.25, -0.2) is 9.78 Å². The largest absolute Gasteiger partial charge is 0.458 e. The number of rotatable bonds is 13. The Hall–Kier alpha value is -4.20. The average molecular weight is 850 g/mol. The van der Waals surface area contributed by atoms with Gasteiger partial charge in [0.15, 0.2) is 17.7 Å². The number of aryl methyl sites for hydroxylation is 1. The van der Waals surface area contributed by atoms with Crippen molar-refractivity contribution in [3.05, 3.63) is 37.1 Å². The van der Waals surface area contributed by atoms with Crippen LogP contribution in [-0.4, -0.2) is 134 Å². The van der Waals surface area contributed by atoms with E-state index in [1.165, 1.54) is 14.0 Å². The predicted molar refractivity (Wildman–Crippen MR) is 227 cm³/mol. The second-order valence-corrected chi connectivity index (χ2v) is 17.8. The zero-order valence-corrected chi connectivity index (χ0v) is 37.6. The highest BCUT2D eigenvalue weighted by Gasteiger charge is 2.60. The highest BCUT2D eigenvalue weighted by Crippen LogP contribution is 2.43. The van der Waals surface area contributed by atoms with Crippen molar-refractivity contribution in [1.82, 2.24) is 24.3 Å². The van der Waals surface area contributed by atoms with Crippen LogP contribution in [0.4, 0.5) is 4.79 Å². The number of cyclic esters (lactones) is 1. The van der Waals surface area contributed by atoms with Gasteiger partial charge in [-0.05, 0) is 79.0 Å². The molecule has 3 aliphatic heterocycles. The van der Waals surface area contributed by atoms with E-state index in [4.69, 9.17) is 30.1 Å². The van der Waals surface area contributed by atoms with Crippen molar-refractivity contribution in [3.8, 4) is 23.6 Å². The lowest BCUT2D eigenvalue weighted by Gasteiger charge is -2.47. The van der Waals surface area contributed by atoms with E-state index in [0.717, 1.165) is 11.3 Å². The molecule has 3 aliphatic rings. The summed E-state index contributed by atoms with van der Waals surface area (Å²) in [6, 6.07) is 2.65. The molecular weight excluding hydrogens is 783 g/mol. The summed E-state index contributed by atoms with van der Waals surface area (Å²) in [6.07, 6.45) is 10.2. The zero-order chi connectivity index (χ0) is 44.8. The maximum absolute atomic E-state index is 14.8. The molecule has 3 saturated heterocycles. The molecule has 0 aromatic carbocycles. The van der Waals surface area contributed by atoms with E-state index >= 15 is 0 Å². The van der Waals surface area contributed by atoms with Gasteiger partial charge in [0.1, 0.15) is 23.9 Å². The maximum Gasteiger partial charge on any atom is 0.410 e. The number of amides is 1. The van der Waals surface area contributed by atoms with E-state index in [-0.39, 0.29) is 30.8 Å². The molecular formula is C46H67N5O10. The number of aromatic nitrogens is 3. The van der Waals surface area contributed by atoms with Crippen molar-refractivity contribution in [1.29, 1.82) is 0 Å². The van der Waals surface area contributed by atoms with E-state index in [1.54, 1.807) is 58.2 Å². The molecule has 3 fully saturated rings. The molecule has 1 N–H and O–H groups in total. The highest BCUT2D eigenvalue weighted by molar-refractivity contribution is 6.00. The molecule has 0 saturated carbocycles. The van der Waals surface area contributed by atoms with Crippen LogP contribution >= 0.6 is 0 Å². The van der Waals surface area contributed by atoms with Gasteiger partial charge in [0.25, 0.3) is 0 Å². The lowest BCUT2D eigenvalue weighted by molar-refractivity contribution is -0.296. The summed E-state index contributed by atoms with van der Waals surface area (Å²) in [5.74, 6) is -2.43. The number of ketones is 2. The highest BCUT2D eigenvalue weighted by atomic mass is 16.7. The summed E-state index contributed by atoms with van der Waals surface area (Å²) < 4.78 is 33.4. The Bertz CT molecular complexity index is 1870. The van der Waals surface area contributed by atoms with Crippen LogP contribution < -0.4 is 0 Å². The van der Waals surface area contributed by atoms with Crippen LogP contribution in [0.1, 0.15) is 93.9 Å². The number of ether oxygens (including phenoxy) is 5. The SMILES string of the molecule is C#CCCN(C)[C@H]1C[C@@H](C)O[C@@H](O[C@@H]2[C@@H](C)C(=O)[C@@H](C)C(=O)O[C@H](CC)[C@@]3(C)OC(=O)N(CCCCn4cnc(-c5cccnc5)c4)[C@H]3[C@@H](C)C(=O)[C@H](C)C[C@@]2(C)OC)[C@@H]1O. The third-order valence-electron chi connectivity index (χ3n) is 13.3. The summed E-state index contributed by atoms with van der Waals surface area (Å²) in [5, 5.41) is 11.7. The van der Waals surface area contributed by atoms with Crippen molar-refractivity contribution < 1.29 is 48.0 Å². The quantitative estimate of drug-likeness (QED) is 0.119. The normalized spacial score (nSPS) is 35.3. The molecule has 61 heavy (non-hydrogen) atoms. The number of Topliss-reactive ketones (excluding diaryl/α,β-unsaturated/α-hetero) is 2. The van der Waals surface area contributed by atoms with Gasteiger partial charge in [0.05, 0.1) is 35.9 Å². The Kier molecular flexibility index (Phi) is 15.9. The average Bonchev–Trinajstić information content (AvgIpc) is 3.83. The number of unbranched alkanes of at least 4 members (excludes halogenated alkanes) is 1. The molecule has 0 bridgehead atoms. The second-order valence-electron chi connectivity index (χ2n) is 17.8. The Morgan fingerprint density at radius 1 is 1.07 bits per heavy atom. The number of aliphatic hydroxyl groups excluding tert-OH is 1. The number of hydrogen-bond acceptors (Lipinski definition) is 13. The number of methoxy groups -OCH3 is 1. The van der Waals surface area contributed by atoms with E-state index < -0.39 is 83.4 Å². The van der Waals surface area contributed by atoms with Gasteiger partial charge in [-0.2, -0.15) is 0 Å². The molecule has 13 atom stereocenters. The minimum absolute atomic E-state index is 0.110. The molecule has 1 amide bonds. The molecule has 336 valence electrons. The second kappa shape index (κ2) is 20.3. The Morgan fingerprint density at radius 3 is 2.44 bits per heavy atom. The maximum atomic E-state index is 14.8. The van der Waals surface area contributed by atoms with Gasteiger partial charge in [-0.3, -0.25) is 24.3 Å². The Morgan fingerprint density at radius 2 is 1.79 bits per heavy atom. The fourth-order valence-corrected chi connectivity index (χ4v) is 9.76. The topological polar surface area (TPSA) is 172 Å². The van der Waals surface area contributed by atoms with Gasteiger partial charge in [0.2, 0.25) is 0 Å². The number of likely N-dealkylation sites (N-methyl/N-ethyl adjacent to an activating group) is 1. The number of fused-ring (bicyclic) bond motifs is 1. The van der Waals surface area contributed by atoms with Crippen LogP contribution in [0.15, 0.2) is 37.1 Å². The van der Waals surface area contributed by atoms with Gasteiger partial charge in [0, 0.05) is 81.1 Å². The number of pyridine rings is 1. The molecule has 2 aromatic heterocycles. The Balaban J connectivity index is 1.43. The first-order chi connectivity index (χ1) is 28.9. The number of esters is 1. The monoisotopic (exact) mass is 849 g/mol. The standard InChI is InChI=1S/C46H67N5O10/c1-12-14-20-49(10)35-23-29(4)58-43(39(35)54)60-41-31(6)38(53)32(7)42(55)59-36(13-2)46(9)40(30(5)37(52)28(3)24-45(41,8)57-11)51(44(56)61-46)22-16-15-21-50-26-34(48-27-50)33-18-17-19-47-25-33/h1,17-19,25-32,35-36,39-41,43,54H,13-16,20-24H2,2-11H3/t28-,29-,30+,31+,32-,35+,36-,39-,40+,41-,43+,45-,46-/m1/s1. The smallest absolute Gasteiger partial charge is 0.410 e. The molecule has 15 heteroatoms. The molecule has 5 heterocycles. The van der Waals surface area contributed by atoms with Crippen molar-refractivity contribution >= 4 is 23.6 Å². The molecule has 15 nitrogen and oxygen atoms in total. The Labute approximate surface area is 361 Å². The number of nitrogens with zero attached hydrogens (tertiary/aromatic N) is 5. The summed E-state index contributed by atoms with van der Waals surface area (Å²) in [5.41, 5.74) is -0.989. The van der Waals surface area contributed by atoms with Gasteiger partial charge < -0.3 is 38.3 Å². The number of imidazole rings is 1. The van der Waals surface area contributed by atoms with Crippen LogP contribution in [0.3, 0.4) is 0 Å². The number of aliphatic hydroxyl groups is 1. The first-order valence-corrected chi connectivity index (χ1v) is 21.8. The van der Waals surface area contributed by atoms with Crippen LogP contribution in [0.5, 0.6) is 0 Å². The van der Waals surface area contributed by atoms with Crippen LogP contribution in [0, 0.1) is 36.0 Å². The summed E-state index contributed by atoms with van der Waals surface area (Å²) in [6.45, 7) is 15.4.